The Bertz CT molecular complexity index is 1170. The zero-order valence-electron chi connectivity index (χ0n) is 20.3. The van der Waals surface area contributed by atoms with Crippen molar-refractivity contribution < 1.29 is 53.8 Å². The van der Waals surface area contributed by atoms with Crippen molar-refractivity contribution in [3.63, 3.8) is 0 Å². The van der Waals surface area contributed by atoms with Gasteiger partial charge in [-0.05, 0) is 67.3 Å². The lowest BCUT2D eigenvalue weighted by Crippen LogP contribution is -2.33. The highest BCUT2D eigenvalue weighted by Crippen LogP contribution is 2.42. The van der Waals surface area contributed by atoms with E-state index in [0.717, 1.165) is 17.0 Å². The number of ether oxygens (including phenoxy) is 2. The van der Waals surface area contributed by atoms with Crippen LogP contribution in [0.4, 0.5) is 50.0 Å². The minimum atomic E-state index is -5.11. The lowest BCUT2D eigenvalue weighted by Gasteiger charge is -2.27. The van der Waals surface area contributed by atoms with Gasteiger partial charge in [-0.25, -0.2) is 4.79 Å². The van der Waals surface area contributed by atoms with Gasteiger partial charge in [-0.3, -0.25) is 4.90 Å². The first-order chi connectivity index (χ1) is 18.0. The van der Waals surface area contributed by atoms with Crippen molar-refractivity contribution in [2.24, 2.45) is 0 Å². The van der Waals surface area contributed by atoms with Gasteiger partial charge in [0.2, 0.25) is 0 Å². The van der Waals surface area contributed by atoms with Crippen LogP contribution >= 0.6 is 0 Å². The maximum atomic E-state index is 13.5. The standard InChI is InChI=1S/C25H23F9N2O3/c1-13-21(14-8-17(24(29,30)31)11-18(9-14)25(32,33)34)39-22(37)36(13)12-15-10-16(23(26,27)28)2-3-20(15)35-19-4-6-38-7-5-19/h2-3,8-11,13,19,21,35H,4-7,12H2,1H3/t13-,21-/m0/s1. The molecular formula is C25H23F9N2O3. The van der Waals surface area contributed by atoms with Gasteiger partial charge in [-0.1, -0.05) is 0 Å². The van der Waals surface area contributed by atoms with Crippen LogP contribution in [-0.2, 0) is 34.5 Å². The Labute approximate surface area is 216 Å². The predicted octanol–water partition coefficient (Wildman–Crippen LogP) is 7.42. The number of anilines is 1. The van der Waals surface area contributed by atoms with Gasteiger partial charge in [-0.15, -0.1) is 0 Å². The quantitative estimate of drug-likeness (QED) is 0.381. The largest absolute Gasteiger partial charge is 0.439 e. The van der Waals surface area contributed by atoms with Crippen LogP contribution in [0.1, 0.15) is 53.7 Å². The summed E-state index contributed by atoms with van der Waals surface area (Å²) in [6, 6.07) is 2.62. The summed E-state index contributed by atoms with van der Waals surface area (Å²) >= 11 is 0. The molecular weight excluding hydrogens is 547 g/mol. The van der Waals surface area contributed by atoms with E-state index in [4.69, 9.17) is 9.47 Å². The van der Waals surface area contributed by atoms with E-state index in [2.05, 4.69) is 5.32 Å². The second kappa shape index (κ2) is 10.4. The third-order valence-electron chi connectivity index (χ3n) is 6.68. The molecule has 0 aromatic heterocycles. The third kappa shape index (κ3) is 6.53. The van der Waals surface area contributed by atoms with Crippen molar-refractivity contribution in [1.82, 2.24) is 4.90 Å². The summed E-state index contributed by atoms with van der Waals surface area (Å²) in [7, 11) is 0. The number of halogens is 9. The Morgan fingerprint density at radius 3 is 1.95 bits per heavy atom. The molecule has 14 heteroatoms. The molecule has 2 aromatic carbocycles. The van der Waals surface area contributed by atoms with Crippen molar-refractivity contribution in [2.45, 2.75) is 63.0 Å². The average molecular weight is 570 g/mol. The normalized spacial score (nSPS) is 21.3. The molecule has 2 aliphatic heterocycles. The number of nitrogens with zero attached hydrogens (tertiary/aromatic N) is 1. The molecule has 0 spiro atoms. The maximum Gasteiger partial charge on any atom is 0.416 e. The summed E-state index contributed by atoms with van der Waals surface area (Å²) in [5.41, 5.74) is -4.31. The number of amides is 1. The van der Waals surface area contributed by atoms with E-state index < -0.39 is 65.6 Å². The summed E-state index contributed by atoms with van der Waals surface area (Å²) in [5, 5.41) is 3.15. The summed E-state index contributed by atoms with van der Waals surface area (Å²) in [5.74, 6) is 0. The van der Waals surface area contributed by atoms with Gasteiger partial charge in [0.25, 0.3) is 0 Å². The number of carbonyl (C=O) groups is 1. The van der Waals surface area contributed by atoms with Gasteiger partial charge in [-0.2, -0.15) is 39.5 Å². The van der Waals surface area contributed by atoms with Crippen LogP contribution in [-0.4, -0.2) is 36.3 Å². The van der Waals surface area contributed by atoms with Crippen LogP contribution in [0.25, 0.3) is 0 Å². The second-order valence-corrected chi connectivity index (χ2v) is 9.41. The van der Waals surface area contributed by atoms with E-state index in [-0.39, 0.29) is 17.7 Å². The van der Waals surface area contributed by atoms with Crippen molar-refractivity contribution in [1.29, 1.82) is 0 Å². The van der Waals surface area contributed by atoms with E-state index in [1.54, 1.807) is 0 Å². The lowest BCUT2D eigenvalue weighted by atomic mass is 9.97. The maximum absolute atomic E-state index is 13.5. The van der Waals surface area contributed by atoms with Crippen LogP contribution in [0.2, 0.25) is 0 Å². The van der Waals surface area contributed by atoms with E-state index in [1.807, 2.05) is 0 Å². The third-order valence-corrected chi connectivity index (χ3v) is 6.68. The molecule has 1 amide bonds. The number of nitrogens with one attached hydrogen (secondary N) is 1. The van der Waals surface area contributed by atoms with Crippen LogP contribution in [0, 0.1) is 0 Å². The molecule has 0 saturated carbocycles. The van der Waals surface area contributed by atoms with Crippen LogP contribution < -0.4 is 5.32 Å². The molecule has 1 N–H and O–H groups in total. The molecule has 2 aliphatic rings. The van der Waals surface area contributed by atoms with Crippen molar-refractivity contribution >= 4 is 11.8 Å². The van der Waals surface area contributed by atoms with E-state index in [9.17, 15) is 44.3 Å². The van der Waals surface area contributed by atoms with E-state index in [1.165, 1.54) is 13.0 Å². The van der Waals surface area contributed by atoms with Crippen LogP contribution in [0.15, 0.2) is 36.4 Å². The zero-order valence-corrected chi connectivity index (χ0v) is 20.3. The molecule has 2 fully saturated rings. The summed E-state index contributed by atoms with van der Waals surface area (Å²) < 4.78 is 131. The molecule has 0 radical (unpaired) electrons. The fraction of sp³-hybridized carbons (Fsp3) is 0.480. The predicted molar refractivity (Wildman–Crippen MR) is 120 cm³/mol. The van der Waals surface area contributed by atoms with Crippen LogP contribution in [0.3, 0.4) is 0 Å². The number of cyclic esters (lactones) is 1. The molecule has 2 saturated heterocycles. The topological polar surface area (TPSA) is 50.8 Å². The van der Waals surface area contributed by atoms with Crippen molar-refractivity contribution in [2.75, 3.05) is 18.5 Å². The zero-order chi connectivity index (χ0) is 28.8. The molecule has 5 nitrogen and oxygen atoms in total. The number of rotatable bonds is 5. The van der Waals surface area contributed by atoms with Gasteiger partial charge in [0.15, 0.2) is 0 Å². The minimum Gasteiger partial charge on any atom is -0.439 e. The molecule has 39 heavy (non-hydrogen) atoms. The van der Waals surface area contributed by atoms with Gasteiger partial charge in [0.1, 0.15) is 6.10 Å². The number of carbonyl (C=O) groups excluding carboxylic acids is 1. The number of hydrogen-bond acceptors (Lipinski definition) is 4. The number of hydrogen-bond donors (Lipinski definition) is 1. The first-order valence-corrected chi connectivity index (χ1v) is 11.8. The smallest absolute Gasteiger partial charge is 0.416 e. The van der Waals surface area contributed by atoms with E-state index in [0.29, 0.717) is 43.9 Å². The van der Waals surface area contributed by atoms with Gasteiger partial charge >= 0.3 is 24.6 Å². The highest BCUT2D eigenvalue weighted by molar-refractivity contribution is 5.72. The molecule has 2 atom stereocenters. The number of alkyl halides is 9. The Morgan fingerprint density at radius 2 is 1.41 bits per heavy atom. The van der Waals surface area contributed by atoms with Crippen molar-refractivity contribution in [3.8, 4) is 0 Å². The Hall–Kier alpha value is -3.16. The molecule has 0 bridgehead atoms. The van der Waals surface area contributed by atoms with Crippen molar-refractivity contribution in [3.05, 3.63) is 64.2 Å². The first-order valence-electron chi connectivity index (χ1n) is 11.8. The fourth-order valence-electron chi connectivity index (χ4n) is 4.59. The monoisotopic (exact) mass is 570 g/mol. The Balaban J connectivity index is 1.66. The lowest BCUT2D eigenvalue weighted by molar-refractivity contribution is -0.143. The Kier molecular flexibility index (Phi) is 7.71. The molecule has 2 heterocycles. The molecule has 2 aromatic rings. The molecule has 4 rings (SSSR count). The second-order valence-electron chi connectivity index (χ2n) is 9.41. The van der Waals surface area contributed by atoms with Crippen LogP contribution in [0.5, 0.6) is 0 Å². The highest BCUT2D eigenvalue weighted by atomic mass is 19.4. The summed E-state index contributed by atoms with van der Waals surface area (Å²) in [4.78, 5) is 13.7. The summed E-state index contributed by atoms with van der Waals surface area (Å²) in [6.45, 7) is 1.79. The molecule has 0 unspecified atom stereocenters. The molecule has 214 valence electrons. The first kappa shape index (κ1) is 28.8. The molecule has 0 aliphatic carbocycles. The van der Waals surface area contributed by atoms with Gasteiger partial charge < -0.3 is 14.8 Å². The fourth-order valence-corrected chi connectivity index (χ4v) is 4.59. The average Bonchev–Trinajstić information content (AvgIpc) is 3.12. The van der Waals surface area contributed by atoms with E-state index >= 15 is 0 Å². The van der Waals surface area contributed by atoms with Gasteiger partial charge in [0.05, 0.1) is 29.3 Å². The highest BCUT2D eigenvalue weighted by Gasteiger charge is 2.43. The van der Waals surface area contributed by atoms with Gasteiger partial charge in [0, 0.05) is 24.9 Å². The minimum absolute atomic E-state index is 0.0421. The SMILES string of the molecule is C[C@H]1[C@@H](c2cc(C(F)(F)F)cc(C(F)(F)F)c2)OC(=O)N1Cc1cc(C(F)(F)F)ccc1NC1CCOCC1. The summed E-state index contributed by atoms with van der Waals surface area (Å²) in [6.07, 6.45) is -16.4. The Morgan fingerprint density at radius 1 is 0.846 bits per heavy atom. The number of benzene rings is 2.